The fourth-order valence-electron chi connectivity index (χ4n) is 11.4. The number of aromatic amines is 2. The molecule has 0 bridgehead atoms. The van der Waals surface area contributed by atoms with Crippen LogP contribution >= 0.6 is 25.3 Å². The van der Waals surface area contributed by atoms with Crippen molar-refractivity contribution in [3.05, 3.63) is 104 Å². The van der Waals surface area contributed by atoms with Crippen LogP contribution in [0.2, 0.25) is 0 Å². The fourth-order valence-corrected chi connectivity index (χ4v) is 11.7. The van der Waals surface area contributed by atoms with Crippen molar-refractivity contribution in [1.29, 1.82) is 0 Å². The monoisotopic (exact) mass is 2080 g/mol. The number of aliphatic imine (C=N–C) groups is 2. The van der Waals surface area contributed by atoms with E-state index in [0.29, 0.717) is 83.9 Å². The number of nitrogens with two attached hydrogens (primary N) is 6. The average Bonchev–Trinajstić information content (AvgIpc) is 0.812. The number of anilines is 4. The second-order valence-electron chi connectivity index (χ2n) is 28.9. The van der Waals surface area contributed by atoms with Gasteiger partial charge >= 0.3 is 61.5 Å². The SMILES string of the molecule is C[C@@H](CC(=O)[C@@H](CCCN=C(N)N)NC(=O)[C@@H](C)CC(=O)CCCNC(=O)c1ccc(NCc2cnc3nc(N)[nH]c(=O)c3n2)cc1)C(=O)N[C@H](C)C(=O)CCCS.C[C@@H](CC(=O)[C@@H](CCCN=C(N)N)NC(=O)[C@@H](C)CC(=O)CCCNC(=O)c1ccc(NCc2cnc3nc(N)[nH]c(=O)c3n2)cc1)C(=O)N[C@H](C)C(=O)CCCS.O=C=O.O=C=O.O=C=O.O=C=O.O=C=O.O=C=O.O=C=O.O=C=O.O=C=O.O=C=O. The molecule has 0 saturated heterocycles. The lowest BCUT2D eigenvalue weighted by Gasteiger charge is -2.22. The lowest BCUT2D eigenvalue weighted by atomic mass is 9.95. The molecule has 6 amide bonds. The first kappa shape index (κ1) is 139. The number of ketones is 6. The Morgan fingerprint density at radius 3 is 0.918 bits per heavy atom. The molecule has 2 aromatic carbocycles. The van der Waals surface area contributed by atoms with Gasteiger partial charge in [0, 0.05) is 124 Å². The summed E-state index contributed by atoms with van der Waals surface area (Å²) in [6.07, 6.45) is 8.77. The number of hydrogen-bond donors (Lipinski definition) is 18. The third-order valence-corrected chi connectivity index (χ3v) is 18.7. The number of nitrogens with one attached hydrogen (secondary N) is 10. The van der Waals surface area contributed by atoms with Crippen LogP contribution < -0.4 is 88.1 Å². The van der Waals surface area contributed by atoms with E-state index < -0.39 is 82.6 Å². The highest BCUT2D eigenvalue weighted by Gasteiger charge is 2.31. The molecule has 4 aromatic heterocycles. The van der Waals surface area contributed by atoms with E-state index in [2.05, 4.69) is 118 Å². The Bertz CT molecular complexity index is 5220. The summed E-state index contributed by atoms with van der Waals surface area (Å²) in [6, 6.07) is 10.1. The molecule has 8 atom stereocenters. The van der Waals surface area contributed by atoms with Crippen LogP contribution in [0.4, 0.5) is 23.3 Å². The molecule has 0 fully saturated rings. The van der Waals surface area contributed by atoms with Crippen LogP contribution in [0.15, 0.2) is 80.5 Å². The molecule has 0 saturated carbocycles. The first-order chi connectivity index (χ1) is 69.3. The van der Waals surface area contributed by atoms with Crippen LogP contribution in [-0.4, -0.2) is 245 Å². The van der Waals surface area contributed by atoms with Crippen LogP contribution in [0, 0.1) is 23.7 Å². The molecule has 0 unspecified atom stereocenters. The highest BCUT2D eigenvalue weighted by atomic mass is 32.1. The number of guanidine groups is 2. The van der Waals surface area contributed by atoms with Crippen molar-refractivity contribution in [2.45, 2.75) is 182 Å². The molecule has 0 aliphatic rings. The summed E-state index contributed by atoms with van der Waals surface area (Å²) >= 11 is 8.21. The molecule has 60 heteroatoms. The summed E-state index contributed by atoms with van der Waals surface area (Å²) in [5.74, 6) is -6.21. The Kier molecular flexibility index (Phi) is 82.9. The number of thiol groups is 2. The summed E-state index contributed by atoms with van der Waals surface area (Å²) < 4.78 is 0. The molecule has 788 valence electrons. The third-order valence-electron chi connectivity index (χ3n) is 18.1. The number of hydrogen-bond acceptors (Lipinski definition) is 48. The Hall–Kier alpha value is -18.0. The molecule has 6 aromatic rings. The van der Waals surface area contributed by atoms with Gasteiger partial charge in [0.2, 0.25) is 35.5 Å². The van der Waals surface area contributed by atoms with Gasteiger partial charge in [-0.05, 0) is 125 Å². The topological polar surface area (TPSA) is 966 Å². The van der Waals surface area contributed by atoms with Gasteiger partial charge in [-0.1, -0.05) is 27.7 Å². The number of nitrogen functional groups attached to an aromatic ring is 2. The van der Waals surface area contributed by atoms with Crippen molar-refractivity contribution in [3.63, 3.8) is 0 Å². The maximum Gasteiger partial charge on any atom is 0.373 e. The van der Waals surface area contributed by atoms with Crippen molar-refractivity contribution >= 4 is 214 Å². The number of rotatable bonds is 50. The Labute approximate surface area is 837 Å². The Morgan fingerprint density at radius 2 is 0.644 bits per heavy atom. The van der Waals surface area contributed by atoms with Crippen molar-refractivity contribution in [1.82, 2.24) is 71.8 Å². The highest BCUT2D eigenvalue weighted by Crippen LogP contribution is 2.19. The molecule has 146 heavy (non-hydrogen) atoms. The van der Waals surface area contributed by atoms with E-state index >= 15 is 0 Å². The molecular weight excluding hydrogens is 1980 g/mol. The molecule has 0 aliphatic heterocycles. The van der Waals surface area contributed by atoms with Gasteiger partial charge in [-0.2, -0.15) is 131 Å². The normalized spacial score (nSPS) is 10.9. The van der Waals surface area contributed by atoms with Crippen molar-refractivity contribution < 1.29 is 153 Å². The average molecular weight is 2090 g/mol. The molecule has 0 spiro atoms. The van der Waals surface area contributed by atoms with Crippen LogP contribution in [-0.2, 0) is 157 Å². The van der Waals surface area contributed by atoms with Crippen LogP contribution in [0.3, 0.4) is 0 Å². The fraction of sp³-hybridized carbons (Fsp3) is 0.442. The quantitative estimate of drug-likeness (QED) is 0.00750. The van der Waals surface area contributed by atoms with E-state index in [-0.39, 0.29) is 258 Å². The van der Waals surface area contributed by atoms with E-state index in [1.165, 1.54) is 12.4 Å². The van der Waals surface area contributed by atoms with Crippen molar-refractivity contribution in [2.75, 3.05) is 59.8 Å². The minimum atomic E-state index is -0.951. The van der Waals surface area contributed by atoms with Crippen LogP contribution in [0.5, 0.6) is 0 Å². The van der Waals surface area contributed by atoms with Gasteiger partial charge in [0.15, 0.2) is 57.4 Å². The van der Waals surface area contributed by atoms with E-state index in [1.54, 1.807) is 90.1 Å². The molecular formula is C86H108N24O34S2. The number of aromatic nitrogens is 8. The second kappa shape index (κ2) is 87.2. The second-order valence-corrected chi connectivity index (χ2v) is 29.8. The maximum atomic E-state index is 13.3. The lowest BCUT2D eigenvalue weighted by molar-refractivity contribution is -0.193. The Morgan fingerprint density at radius 1 is 0.370 bits per heavy atom. The number of benzene rings is 2. The zero-order chi connectivity index (χ0) is 113. The first-order valence-electron chi connectivity index (χ1n) is 42.2. The summed E-state index contributed by atoms with van der Waals surface area (Å²) in [4.78, 5) is 378. The number of carbonyl (C=O) groups is 12. The molecule has 4 heterocycles. The zero-order valence-corrected chi connectivity index (χ0v) is 81.0. The van der Waals surface area contributed by atoms with Gasteiger partial charge < -0.3 is 76.9 Å². The third kappa shape index (κ3) is 68.1. The summed E-state index contributed by atoms with van der Waals surface area (Å²) in [6.45, 7) is 10.9. The Balaban J connectivity index is -0.000000526. The van der Waals surface area contributed by atoms with Crippen molar-refractivity contribution in [3.8, 4) is 0 Å². The van der Waals surface area contributed by atoms with Crippen molar-refractivity contribution in [2.24, 2.45) is 56.6 Å². The molecule has 0 aliphatic carbocycles. The molecule has 58 nitrogen and oxygen atoms in total. The standard InChI is InChI=1S/2C38H54N12O7S.10CO2/c2*1-21(34(55)48-28(8-5-15-43-37(39)40)30(53)18-22(2)33(54)46-23(3)29(52)9-6-16-58)17-27(51)7-4-14-42-35(56)24-10-12-25(13-11-24)44-19-26-20-45-32-31(47-26)36(57)50-38(41)49-32;10*2-1-3/h2*10-13,20-23,28,44,58H,4-9,14-19H2,1-3H3,(H,42,56)(H,46,54)(H,48,55)(H4,39,40,43)(H3,41,45,49,50,57);;;;;;;;;;/t2*21-,22-,23+,28+;;;;;;;;;;/m00........../s1. The van der Waals surface area contributed by atoms with Gasteiger partial charge in [0.25, 0.3) is 22.9 Å². The number of Topliss-reactive ketones (excluding diaryl/α,β-unsaturated/α-hetero) is 6. The van der Waals surface area contributed by atoms with E-state index in [1.807, 2.05) is 0 Å². The predicted molar refractivity (Wildman–Crippen MR) is 496 cm³/mol. The van der Waals surface area contributed by atoms with E-state index in [4.69, 9.17) is 130 Å². The molecule has 6 rings (SSSR count). The first-order valence-corrected chi connectivity index (χ1v) is 43.4. The van der Waals surface area contributed by atoms with E-state index in [0.717, 1.165) is 0 Å². The van der Waals surface area contributed by atoms with Gasteiger partial charge in [-0.25, -0.2) is 19.9 Å². The zero-order valence-electron chi connectivity index (χ0n) is 79.2. The highest BCUT2D eigenvalue weighted by molar-refractivity contribution is 7.80. The predicted octanol–water partition coefficient (Wildman–Crippen LogP) is -3.97. The smallest absolute Gasteiger partial charge is 0.373 e. The minimum absolute atomic E-state index is 0.0484. The van der Waals surface area contributed by atoms with Gasteiger partial charge in [-0.3, -0.25) is 87.1 Å². The van der Waals surface area contributed by atoms with Gasteiger partial charge in [0.05, 0.1) is 61.0 Å². The molecule has 22 N–H and O–H groups in total. The summed E-state index contributed by atoms with van der Waals surface area (Å²) in [5.41, 5.74) is 35.4. The number of H-pyrrole nitrogens is 2. The largest absolute Gasteiger partial charge is 0.379 e. The minimum Gasteiger partial charge on any atom is -0.379 e. The van der Waals surface area contributed by atoms with Crippen LogP contribution in [0.25, 0.3) is 22.3 Å². The number of nitrogens with zero attached hydrogens (tertiary/aromatic N) is 8. The summed E-state index contributed by atoms with van der Waals surface area (Å²) in [5, 5.41) is 22.7. The lowest BCUT2D eigenvalue weighted by Crippen LogP contribution is -2.46. The maximum absolute atomic E-state index is 13.3. The number of carbonyl (C=O) groups excluding carboxylic acids is 32. The van der Waals surface area contributed by atoms with Gasteiger partial charge in [0.1, 0.15) is 11.6 Å². The van der Waals surface area contributed by atoms with Crippen LogP contribution in [0.1, 0.15) is 176 Å². The summed E-state index contributed by atoms with van der Waals surface area (Å²) in [7, 11) is 0. The molecule has 0 radical (unpaired) electrons. The number of fused-ring (bicyclic) bond motifs is 2. The van der Waals surface area contributed by atoms with Gasteiger partial charge in [-0.15, -0.1) is 0 Å². The number of amides is 6. The van der Waals surface area contributed by atoms with E-state index in [9.17, 15) is 67.1 Å².